The number of carbonyl (C=O) groups excluding carboxylic acids is 1. The van der Waals surface area contributed by atoms with E-state index < -0.39 is 0 Å². The Morgan fingerprint density at radius 2 is 2.12 bits per heavy atom. The van der Waals surface area contributed by atoms with Gasteiger partial charge in [-0.15, -0.1) is 0 Å². The van der Waals surface area contributed by atoms with E-state index in [1.807, 2.05) is 0 Å². The molecule has 0 aromatic heterocycles. The van der Waals surface area contributed by atoms with Crippen LogP contribution in [0.25, 0.3) is 0 Å². The van der Waals surface area contributed by atoms with Crippen molar-refractivity contribution in [1.29, 1.82) is 0 Å². The average molecular weight is 227 g/mol. The first-order chi connectivity index (χ1) is 7.72. The Labute approximate surface area is 96.1 Å². The number of benzene rings is 1. The number of esters is 1. The predicted molar refractivity (Wildman–Crippen MR) is 61.5 cm³/mol. The summed E-state index contributed by atoms with van der Waals surface area (Å²) in [4.78, 5) is 11.0. The van der Waals surface area contributed by atoms with Crippen LogP contribution >= 0.6 is 0 Å². The van der Waals surface area contributed by atoms with E-state index in [0.717, 1.165) is 5.56 Å². The third-order valence-electron chi connectivity index (χ3n) is 2.05. The van der Waals surface area contributed by atoms with Crippen molar-refractivity contribution in [2.24, 2.45) is 0 Å². The van der Waals surface area contributed by atoms with Crippen molar-refractivity contribution < 1.29 is 15.3 Å². The standard InChI is InChI=1S/C12H16FNO2.H2/c1-2-16-12(15)7-8-14-9-10-3-5-11(13)6-4-10;/h3-6,14H,2,7-9H2,1H3;1H. The molecule has 1 N–H and O–H groups in total. The summed E-state index contributed by atoms with van der Waals surface area (Å²) in [5, 5.41) is 3.09. The van der Waals surface area contributed by atoms with E-state index in [2.05, 4.69) is 5.32 Å². The zero-order chi connectivity index (χ0) is 11.8. The quantitative estimate of drug-likeness (QED) is 0.597. The van der Waals surface area contributed by atoms with Gasteiger partial charge < -0.3 is 10.1 Å². The van der Waals surface area contributed by atoms with E-state index >= 15 is 0 Å². The lowest BCUT2D eigenvalue weighted by Gasteiger charge is -2.04. The Balaban J connectivity index is 0.00000256. The van der Waals surface area contributed by atoms with Gasteiger partial charge in [0.1, 0.15) is 5.82 Å². The minimum Gasteiger partial charge on any atom is -0.466 e. The number of nitrogens with one attached hydrogen (secondary N) is 1. The summed E-state index contributed by atoms with van der Waals surface area (Å²) < 4.78 is 17.4. The third kappa shape index (κ3) is 4.89. The maximum atomic E-state index is 12.6. The van der Waals surface area contributed by atoms with Crippen molar-refractivity contribution >= 4 is 5.97 Å². The molecule has 0 radical (unpaired) electrons. The smallest absolute Gasteiger partial charge is 0.307 e. The van der Waals surface area contributed by atoms with Gasteiger partial charge in [0.15, 0.2) is 0 Å². The number of rotatable bonds is 6. The first kappa shape index (κ1) is 12.6. The molecular weight excluding hydrogens is 209 g/mol. The van der Waals surface area contributed by atoms with E-state index in [9.17, 15) is 9.18 Å². The molecule has 0 atom stereocenters. The molecule has 90 valence electrons. The molecule has 16 heavy (non-hydrogen) atoms. The Morgan fingerprint density at radius 3 is 2.75 bits per heavy atom. The van der Waals surface area contributed by atoms with Crippen molar-refractivity contribution in [3.8, 4) is 0 Å². The van der Waals surface area contributed by atoms with Gasteiger partial charge in [0.25, 0.3) is 0 Å². The fraction of sp³-hybridized carbons (Fsp3) is 0.417. The van der Waals surface area contributed by atoms with Gasteiger partial charge in [-0.25, -0.2) is 4.39 Å². The van der Waals surface area contributed by atoms with Crippen molar-refractivity contribution in [3.63, 3.8) is 0 Å². The molecule has 0 aliphatic heterocycles. The summed E-state index contributed by atoms with van der Waals surface area (Å²) in [5.74, 6) is -0.440. The van der Waals surface area contributed by atoms with Gasteiger partial charge in [0.05, 0.1) is 13.0 Å². The highest BCUT2D eigenvalue weighted by atomic mass is 19.1. The molecule has 1 aromatic carbocycles. The number of carbonyl (C=O) groups is 1. The van der Waals surface area contributed by atoms with Crippen molar-refractivity contribution in [3.05, 3.63) is 35.6 Å². The maximum Gasteiger partial charge on any atom is 0.307 e. The summed E-state index contributed by atoms with van der Waals surface area (Å²) in [6, 6.07) is 6.27. The average Bonchev–Trinajstić information content (AvgIpc) is 2.27. The van der Waals surface area contributed by atoms with Crippen LogP contribution in [0, 0.1) is 5.82 Å². The van der Waals surface area contributed by atoms with Crippen LogP contribution < -0.4 is 5.32 Å². The lowest BCUT2D eigenvalue weighted by Crippen LogP contribution is -2.19. The molecule has 0 unspecified atom stereocenters. The van der Waals surface area contributed by atoms with Crippen LogP contribution in [0.5, 0.6) is 0 Å². The number of halogens is 1. The molecule has 0 aliphatic rings. The van der Waals surface area contributed by atoms with E-state index in [1.54, 1.807) is 19.1 Å². The molecule has 0 heterocycles. The highest BCUT2D eigenvalue weighted by molar-refractivity contribution is 5.69. The highest BCUT2D eigenvalue weighted by Crippen LogP contribution is 2.01. The Kier molecular flexibility index (Phi) is 5.50. The van der Waals surface area contributed by atoms with Crippen LogP contribution in [0.4, 0.5) is 4.39 Å². The fourth-order valence-electron chi connectivity index (χ4n) is 1.26. The summed E-state index contributed by atoms with van der Waals surface area (Å²) in [5.41, 5.74) is 0.991. The molecule has 4 heteroatoms. The summed E-state index contributed by atoms with van der Waals surface area (Å²) >= 11 is 0. The van der Waals surface area contributed by atoms with Crippen LogP contribution in [0.1, 0.15) is 20.3 Å². The molecule has 0 saturated heterocycles. The zero-order valence-corrected chi connectivity index (χ0v) is 9.33. The third-order valence-corrected chi connectivity index (χ3v) is 2.05. The minimum atomic E-state index is -0.240. The second-order valence-corrected chi connectivity index (χ2v) is 3.36. The molecule has 0 bridgehead atoms. The highest BCUT2D eigenvalue weighted by Gasteiger charge is 2.00. The Bertz CT molecular complexity index is 330. The summed E-state index contributed by atoms with van der Waals surface area (Å²) in [7, 11) is 0. The summed E-state index contributed by atoms with van der Waals surface area (Å²) in [6.07, 6.45) is 0.356. The van der Waals surface area contributed by atoms with Crippen molar-refractivity contribution in [2.45, 2.75) is 19.9 Å². The van der Waals surface area contributed by atoms with Gasteiger partial charge in [-0.2, -0.15) is 0 Å². The monoisotopic (exact) mass is 227 g/mol. The van der Waals surface area contributed by atoms with Gasteiger partial charge >= 0.3 is 5.97 Å². The van der Waals surface area contributed by atoms with Gasteiger partial charge in [-0.3, -0.25) is 4.79 Å². The second-order valence-electron chi connectivity index (χ2n) is 3.36. The first-order valence-electron chi connectivity index (χ1n) is 5.33. The normalized spacial score (nSPS) is 10.1. The molecule has 0 fully saturated rings. The molecule has 1 rings (SSSR count). The second kappa shape index (κ2) is 6.95. The van der Waals surface area contributed by atoms with Gasteiger partial charge in [-0.1, -0.05) is 12.1 Å². The van der Waals surface area contributed by atoms with E-state index in [4.69, 9.17) is 4.74 Å². The molecule has 1 aromatic rings. The topological polar surface area (TPSA) is 38.3 Å². The lowest BCUT2D eigenvalue weighted by molar-refractivity contribution is -0.142. The number of hydrogen-bond acceptors (Lipinski definition) is 3. The van der Waals surface area contributed by atoms with Crippen LogP contribution in [0.3, 0.4) is 0 Å². The number of ether oxygens (including phenoxy) is 1. The Hall–Kier alpha value is -1.42. The summed E-state index contributed by atoms with van der Waals surface area (Å²) in [6.45, 7) is 3.39. The minimum absolute atomic E-state index is 0. The van der Waals surface area contributed by atoms with Gasteiger partial charge in [0.2, 0.25) is 0 Å². The van der Waals surface area contributed by atoms with E-state index in [0.29, 0.717) is 26.1 Å². The maximum absolute atomic E-state index is 12.6. The van der Waals surface area contributed by atoms with Crippen molar-refractivity contribution in [1.82, 2.24) is 5.32 Å². The van der Waals surface area contributed by atoms with E-state index in [-0.39, 0.29) is 13.2 Å². The van der Waals surface area contributed by atoms with Gasteiger partial charge in [0, 0.05) is 14.5 Å². The van der Waals surface area contributed by atoms with Gasteiger partial charge in [-0.05, 0) is 24.6 Å². The number of hydrogen-bond donors (Lipinski definition) is 1. The van der Waals surface area contributed by atoms with Crippen molar-refractivity contribution in [2.75, 3.05) is 13.2 Å². The molecule has 0 spiro atoms. The molecular formula is C12H18FNO2. The lowest BCUT2D eigenvalue weighted by atomic mass is 10.2. The fourth-order valence-corrected chi connectivity index (χ4v) is 1.26. The molecule has 0 amide bonds. The zero-order valence-electron chi connectivity index (χ0n) is 9.33. The SMILES string of the molecule is CCOC(=O)CCNCc1ccc(F)cc1.[HH]. The largest absolute Gasteiger partial charge is 0.466 e. The van der Waals surface area contributed by atoms with Crippen LogP contribution in [-0.4, -0.2) is 19.1 Å². The van der Waals surface area contributed by atoms with Crippen LogP contribution in [0.15, 0.2) is 24.3 Å². The van der Waals surface area contributed by atoms with E-state index in [1.165, 1.54) is 12.1 Å². The molecule has 0 saturated carbocycles. The predicted octanol–water partition coefficient (Wildman–Crippen LogP) is 2.11. The van der Waals surface area contributed by atoms with Crippen LogP contribution in [-0.2, 0) is 16.1 Å². The Morgan fingerprint density at radius 1 is 1.44 bits per heavy atom. The first-order valence-corrected chi connectivity index (χ1v) is 5.33. The van der Waals surface area contributed by atoms with Crippen LogP contribution in [0.2, 0.25) is 0 Å². The molecule has 0 aliphatic carbocycles. The molecule has 3 nitrogen and oxygen atoms in total.